The highest BCUT2D eigenvalue weighted by Crippen LogP contribution is 2.34. The molecule has 1 aromatic carbocycles. The number of para-hydroxylation sites is 2. The molecule has 1 heterocycles. The molecule has 0 aliphatic carbocycles. The molecule has 13 heteroatoms. The van der Waals surface area contributed by atoms with Crippen molar-refractivity contribution in [2.45, 2.75) is 58.4 Å². The number of ether oxygens (including phenoxy) is 6. The van der Waals surface area contributed by atoms with Gasteiger partial charge in [0, 0.05) is 33.8 Å². The summed E-state index contributed by atoms with van der Waals surface area (Å²) in [5, 5.41) is 11.4. The number of hydrogen-bond donors (Lipinski definition) is 0. The van der Waals surface area contributed by atoms with Gasteiger partial charge in [0.2, 0.25) is 12.4 Å². The Labute approximate surface area is 188 Å². The molecule has 33 heavy (non-hydrogen) atoms. The zero-order valence-corrected chi connectivity index (χ0v) is 18.2. The first-order valence-corrected chi connectivity index (χ1v) is 9.70. The number of nitrogens with zero attached hydrogens (tertiary/aromatic N) is 1. The first-order valence-electron chi connectivity index (χ1n) is 9.70. The molecule has 1 aliphatic rings. The van der Waals surface area contributed by atoms with Crippen LogP contribution in [0.15, 0.2) is 24.3 Å². The Hall–Kier alpha value is -3.74. The Balaban J connectivity index is 2.51. The topological polar surface area (TPSA) is 167 Å². The van der Waals surface area contributed by atoms with Crippen LogP contribution in [0.2, 0.25) is 0 Å². The molecule has 0 amide bonds. The average molecular weight is 469 g/mol. The summed E-state index contributed by atoms with van der Waals surface area (Å²) in [5.74, 6) is -3.33. The molecule has 2 rings (SSSR count). The molecular formula is C20H23NO12. The van der Waals surface area contributed by atoms with E-state index in [0.717, 1.165) is 27.7 Å². The molecule has 0 bridgehead atoms. The third-order valence-corrected chi connectivity index (χ3v) is 4.25. The van der Waals surface area contributed by atoms with Crippen molar-refractivity contribution in [1.82, 2.24) is 0 Å². The number of nitro benzene ring substituents is 1. The van der Waals surface area contributed by atoms with Crippen LogP contribution in [0.3, 0.4) is 0 Å². The smallest absolute Gasteiger partial charge is 0.311 e. The molecule has 2 unspecified atom stereocenters. The SMILES string of the molecule is CC(=O)OCC1O[C@@H](Oc2ccccc2[N+](=O)[O-])C(OC(C)=O)[C@@H](OC(C)=O)[C@@H]1OC(C)=O. The largest absolute Gasteiger partial charge is 0.463 e. The fraction of sp³-hybridized carbons (Fsp3) is 0.500. The fourth-order valence-corrected chi connectivity index (χ4v) is 3.12. The van der Waals surface area contributed by atoms with Crippen molar-refractivity contribution in [2.24, 2.45) is 0 Å². The molecule has 0 aromatic heterocycles. The van der Waals surface area contributed by atoms with Crippen molar-refractivity contribution in [3.05, 3.63) is 34.4 Å². The molecule has 0 N–H and O–H groups in total. The average Bonchev–Trinajstić information content (AvgIpc) is 2.70. The van der Waals surface area contributed by atoms with Crippen molar-refractivity contribution in [3.8, 4) is 5.75 Å². The predicted molar refractivity (Wildman–Crippen MR) is 106 cm³/mol. The predicted octanol–water partition coefficient (Wildman–Crippen LogP) is 1.06. The van der Waals surface area contributed by atoms with E-state index in [-0.39, 0.29) is 5.75 Å². The second-order valence-electron chi connectivity index (χ2n) is 6.91. The van der Waals surface area contributed by atoms with Gasteiger partial charge in [0.15, 0.2) is 18.0 Å². The van der Waals surface area contributed by atoms with E-state index in [2.05, 4.69) is 0 Å². The van der Waals surface area contributed by atoms with Crippen LogP contribution in [0.4, 0.5) is 5.69 Å². The summed E-state index contributed by atoms with van der Waals surface area (Å²) in [6, 6.07) is 5.35. The van der Waals surface area contributed by atoms with Gasteiger partial charge in [-0.2, -0.15) is 0 Å². The molecule has 0 saturated carbocycles. The van der Waals surface area contributed by atoms with Gasteiger partial charge in [0.1, 0.15) is 12.7 Å². The first kappa shape index (κ1) is 25.5. The molecule has 0 spiro atoms. The van der Waals surface area contributed by atoms with Gasteiger partial charge < -0.3 is 28.4 Å². The Bertz CT molecular complexity index is 916. The zero-order chi connectivity index (χ0) is 24.7. The van der Waals surface area contributed by atoms with E-state index in [0.29, 0.717) is 0 Å². The van der Waals surface area contributed by atoms with E-state index in [1.807, 2.05) is 0 Å². The molecular weight excluding hydrogens is 446 g/mol. The van der Waals surface area contributed by atoms with Gasteiger partial charge in [-0.3, -0.25) is 29.3 Å². The van der Waals surface area contributed by atoms with Crippen LogP contribution >= 0.6 is 0 Å². The lowest BCUT2D eigenvalue weighted by Gasteiger charge is -2.43. The van der Waals surface area contributed by atoms with Gasteiger partial charge in [0.05, 0.1) is 4.92 Å². The minimum atomic E-state index is -1.56. The van der Waals surface area contributed by atoms with Crippen LogP contribution in [-0.4, -0.2) is 66.1 Å². The number of rotatable bonds is 8. The highest BCUT2D eigenvalue weighted by molar-refractivity contribution is 5.68. The summed E-state index contributed by atoms with van der Waals surface area (Å²) >= 11 is 0. The van der Waals surface area contributed by atoms with E-state index < -0.39 is 71.8 Å². The highest BCUT2D eigenvalue weighted by atomic mass is 16.7. The number of benzene rings is 1. The van der Waals surface area contributed by atoms with E-state index in [9.17, 15) is 29.3 Å². The Morgan fingerprint density at radius 3 is 1.97 bits per heavy atom. The summed E-state index contributed by atoms with van der Waals surface area (Å²) in [6.07, 6.45) is -7.10. The molecule has 0 radical (unpaired) electrons. The van der Waals surface area contributed by atoms with Gasteiger partial charge >= 0.3 is 29.6 Å². The standard InChI is InChI=1S/C20H23NO12/c1-10(22)28-9-16-17(29-11(2)23)18(30-12(3)24)19(31-13(4)25)20(33-16)32-15-8-6-5-7-14(15)21(26)27/h5-8,16-20H,9H2,1-4H3/t16?,17-,18+,19?,20-/m1/s1. The number of carbonyl (C=O) groups excluding carboxylic acids is 4. The summed E-state index contributed by atoms with van der Waals surface area (Å²) in [4.78, 5) is 57.3. The van der Waals surface area contributed by atoms with Crippen molar-refractivity contribution < 1.29 is 52.5 Å². The van der Waals surface area contributed by atoms with Crippen LogP contribution in [-0.2, 0) is 42.9 Å². The quantitative estimate of drug-likeness (QED) is 0.230. The van der Waals surface area contributed by atoms with E-state index in [1.54, 1.807) is 0 Å². The maximum Gasteiger partial charge on any atom is 0.311 e. The van der Waals surface area contributed by atoms with Gasteiger partial charge in [-0.25, -0.2) is 0 Å². The number of esters is 4. The maximum atomic E-state index is 11.8. The van der Waals surface area contributed by atoms with Crippen LogP contribution in [0.5, 0.6) is 5.75 Å². The third kappa shape index (κ3) is 7.14. The van der Waals surface area contributed by atoms with Gasteiger partial charge in [-0.1, -0.05) is 12.1 Å². The Morgan fingerprint density at radius 2 is 1.42 bits per heavy atom. The van der Waals surface area contributed by atoms with Crippen LogP contribution < -0.4 is 4.74 Å². The van der Waals surface area contributed by atoms with Crippen molar-refractivity contribution in [2.75, 3.05) is 6.61 Å². The van der Waals surface area contributed by atoms with Crippen LogP contribution in [0.25, 0.3) is 0 Å². The molecule has 1 saturated heterocycles. The third-order valence-electron chi connectivity index (χ3n) is 4.25. The van der Waals surface area contributed by atoms with E-state index >= 15 is 0 Å². The van der Waals surface area contributed by atoms with E-state index in [4.69, 9.17) is 28.4 Å². The summed E-state index contributed by atoms with van der Waals surface area (Å²) < 4.78 is 32.1. The molecule has 1 fully saturated rings. The molecule has 1 aliphatic heterocycles. The van der Waals surface area contributed by atoms with E-state index in [1.165, 1.54) is 24.3 Å². The number of carbonyl (C=O) groups is 4. The van der Waals surface area contributed by atoms with Crippen LogP contribution in [0, 0.1) is 10.1 Å². The van der Waals surface area contributed by atoms with Gasteiger partial charge in [-0.15, -0.1) is 0 Å². The minimum Gasteiger partial charge on any atom is -0.463 e. The van der Waals surface area contributed by atoms with Crippen molar-refractivity contribution >= 4 is 29.6 Å². The lowest BCUT2D eigenvalue weighted by Crippen LogP contribution is -2.63. The lowest BCUT2D eigenvalue weighted by atomic mass is 9.98. The Kier molecular flexibility index (Phi) is 8.68. The monoisotopic (exact) mass is 469 g/mol. The zero-order valence-electron chi connectivity index (χ0n) is 18.2. The first-order chi connectivity index (χ1) is 15.5. The van der Waals surface area contributed by atoms with Crippen LogP contribution in [0.1, 0.15) is 27.7 Å². The molecule has 180 valence electrons. The second kappa shape index (κ2) is 11.2. The normalized spacial score (nSPS) is 24.2. The van der Waals surface area contributed by atoms with Crippen molar-refractivity contribution in [3.63, 3.8) is 0 Å². The summed E-state index contributed by atoms with van der Waals surface area (Å²) in [6.45, 7) is 3.91. The molecule has 1 aromatic rings. The van der Waals surface area contributed by atoms with Gasteiger partial charge in [-0.05, 0) is 6.07 Å². The number of nitro groups is 1. The minimum absolute atomic E-state index is 0.233. The Morgan fingerprint density at radius 1 is 0.879 bits per heavy atom. The highest BCUT2D eigenvalue weighted by Gasteiger charge is 2.53. The fourth-order valence-electron chi connectivity index (χ4n) is 3.12. The van der Waals surface area contributed by atoms with Gasteiger partial charge in [0.25, 0.3) is 0 Å². The summed E-state index contributed by atoms with van der Waals surface area (Å²) in [5.41, 5.74) is -0.412. The van der Waals surface area contributed by atoms with Crippen molar-refractivity contribution in [1.29, 1.82) is 0 Å². The maximum absolute atomic E-state index is 11.8. The number of hydrogen-bond acceptors (Lipinski definition) is 12. The molecule has 13 nitrogen and oxygen atoms in total. The summed E-state index contributed by atoms with van der Waals surface area (Å²) in [7, 11) is 0. The molecule has 5 atom stereocenters. The lowest BCUT2D eigenvalue weighted by molar-refractivity contribution is -0.387. The second-order valence-corrected chi connectivity index (χ2v) is 6.91.